The average Bonchev–Trinajstić information content (AvgIpc) is 3.17. The van der Waals surface area contributed by atoms with Crippen molar-refractivity contribution in [3.05, 3.63) is 29.8 Å². The van der Waals surface area contributed by atoms with Gasteiger partial charge in [-0.3, -0.25) is 9.59 Å². The number of carbonyl (C=O) groups excluding carboxylic acids is 2. The standard InChI is InChI=1S/C18H24N2O4S/c1-2-10-20(16-9-12-25(23,24)13-16)18(22)14-5-7-15(8-6-14)19-11-3-4-17(19)21/h5-8,16H,2-4,9-13H2,1H3/t16-/m1/s1. The number of hydrogen-bond donors (Lipinski definition) is 0. The van der Waals surface area contributed by atoms with Crippen molar-refractivity contribution in [1.82, 2.24) is 4.90 Å². The molecule has 3 rings (SSSR count). The summed E-state index contributed by atoms with van der Waals surface area (Å²) in [5.41, 5.74) is 1.35. The maximum absolute atomic E-state index is 12.9. The van der Waals surface area contributed by atoms with Gasteiger partial charge in [0.25, 0.3) is 5.91 Å². The van der Waals surface area contributed by atoms with Crippen molar-refractivity contribution in [2.45, 2.75) is 38.6 Å². The number of rotatable bonds is 5. The first-order valence-corrected chi connectivity index (χ1v) is 10.7. The van der Waals surface area contributed by atoms with Gasteiger partial charge in [-0.2, -0.15) is 0 Å². The second kappa shape index (κ2) is 7.15. The van der Waals surface area contributed by atoms with Crippen molar-refractivity contribution >= 4 is 27.3 Å². The minimum Gasteiger partial charge on any atom is -0.335 e. The lowest BCUT2D eigenvalue weighted by Crippen LogP contribution is -2.41. The lowest BCUT2D eigenvalue weighted by Gasteiger charge is -2.28. The number of sulfone groups is 1. The highest BCUT2D eigenvalue weighted by Gasteiger charge is 2.34. The van der Waals surface area contributed by atoms with Crippen LogP contribution in [0.5, 0.6) is 0 Å². The monoisotopic (exact) mass is 364 g/mol. The minimum atomic E-state index is -3.04. The van der Waals surface area contributed by atoms with Crippen LogP contribution in [0.2, 0.25) is 0 Å². The van der Waals surface area contributed by atoms with Gasteiger partial charge in [-0.1, -0.05) is 6.92 Å². The van der Waals surface area contributed by atoms with Gasteiger partial charge < -0.3 is 9.80 Å². The molecule has 0 bridgehead atoms. The number of amides is 2. The van der Waals surface area contributed by atoms with E-state index in [1.165, 1.54) is 0 Å². The SMILES string of the molecule is CCCN(C(=O)c1ccc(N2CCCC2=O)cc1)[C@@H]1CCS(=O)(=O)C1. The Hall–Kier alpha value is -1.89. The van der Waals surface area contributed by atoms with Crippen LogP contribution in [0.4, 0.5) is 5.69 Å². The molecule has 0 aliphatic carbocycles. The van der Waals surface area contributed by atoms with Crippen LogP contribution in [-0.2, 0) is 14.6 Å². The zero-order valence-corrected chi connectivity index (χ0v) is 15.3. The van der Waals surface area contributed by atoms with Gasteiger partial charge in [0.05, 0.1) is 11.5 Å². The van der Waals surface area contributed by atoms with Crippen molar-refractivity contribution in [3.63, 3.8) is 0 Å². The Morgan fingerprint density at radius 3 is 2.52 bits per heavy atom. The number of carbonyl (C=O) groups is 2. The second-order valence-corrected chi connectivity index (χ2v) is 8.98. The molecule has 1 atom stereocenters. The molecule has 2 fully saturated rings. The van der Waals surface area contributed by atoms with Gasteiger partial charge in [0.1, 0.15) is 0 Å². The molecule has 2 heterocycles. The Balaban J connectivity index is 1.76. The predicted molar refractivity (Wildman–Crippen MR) is 96.4 cm³/mol. The fraction of sp³-hybridized carbons (Fsp3) is 0.556. The molecule has 2 aliphatic heterocycles. The first-order valence-electron chi connectivity index (χ1n) is 8.83. The summed E-state index contributed by atoms with van der Waals surface area (Å²) in [5, 5.41) is 0. The van der Waals surface area contributed by atoms with Crippen LogP contribution >= 0.6 is 0 Å². The van der Waals surface area contributed by atoms with E-state index in [9.17, 15) is 18.0 Å². The van der Waals surface area contributed by atoms with Gasteiger partial charge in [-0.05, 0) is 43.5 Å². The zero-order valence-electron chi connectivity index (χ0n) is 14.5. The van der Waals surface area contributed by atoms with E-state index in [1.54, 1.807) is 34.1 Å². The Labute approximate surface area is 148 Å². The van der Waals surface area contributed by atoms with E-state index in [1.807, 2.05) is 6.92 Å². The quantitative estimate of drug-likeness (QED) is 0.799. The molecule has 1 aromatic rings. The van der Waals surface area contributed by atoms with Crippen molar-refractivity contribution < 1.29 is 18.0 Å². The highest BCUT2D eigenvalue weighted by Crippen LogP contribution is 2.24. The molecule has 25 heavy (non-hydrogen) atoms. The maximum atomic E-state index is 12.9. The van der Waals surface area contributed by atoms with E-state index < -0.39 is 9.84 Å². The van der Waals surface area contributed by atoms with Crippen LogP contribution in [0.25, 0.3) is 0 Å². The van der Waals surface area contributed by atoms with E-state index in [4.69, 9.17) is 0 Å². The molecule has 2 aliphatic rings. The van der Waals surface area contributed by atoms with Crippen molar-refractivity contribution in [2.24, 2.45) is 0 Å². The Kier molecular flexibility index (Phi) is 5.13. The smallest absolute Gasteiger partial charge is 0.254 e. The maximum Gasteiger partial charge on any atom is 0.254 e. The lowest BCUT2D eigenvalue weighted by molar-refractivity contribution is -0.117. The molecular weight excluding hydrogens is 340 g/mol. The minimum absolute atomic E-state index is 0.0547. The molecule has 7 heteroatoms. The lowest BCUT2D eigenvalue weighted by atomic mass is 10.1. The zero-order chi connectivity index (χ0) is 18.0. The Bertz CT molecular complexity index is 758. The van der Waals surface area contributed by atoms with Gasteiger partial charge in [-0.25, -0.2) is 8.42 Å². The largest absolute Gasteiger partial charge is 0.335 e. The van der Waals surface area contributed by atoms with Gasteiger partial charge >= 0.3 is 0 Å². The summed E-state index contributed by atoms with van der Waals surface area (Å²) >= 11 is 0. The Morgan fingerprint density at radius 1 is 1.28 bits per heavy atom. The van der Waals surface area contributed by atoms with Crippen LogP contribution < -0.4 is 4.90 Å². The van der Waals surface area contributed by atoms with E-state index in [0.717, 1.165) is 18.5 Å². The predicted octanol–water partition coefficient (Wildman–Crippen LogP) is 1.85. The number of nitrogens with zero attached hydrogens (tertiary/aromatic N) is 2. The summed E-state index contributed by atoms with van der Waals surface area (Å²) in [6.07, 6.45) is 2.72. The molecule has 136 valence electrons. The van der Waals surface area contributed by atoms with E-state index >= 15 is 0 Å². The topological polar surface area (TPSA) is 74.8 Å². The van der Waals surface area contributed by atoms with Crippen LogP contribution in [0.1, 0.15) is 43.0 Å². The molecule has 0 spiro atoms. The van der Waals surface area contributed by atoms with E-state index in [2.05, 4.69) is 0 Å². The van der Waals surface area contributed by atoms with E-state index in [0.29, 0.717) is 31.5 Å². The molecule has 2 saturated heterocycles. The third-order valence-electron chi connectivity index (χ3n) is 4.87. The van der Waals surface area contributed by atoms with Gasteiger partial charge in [0, 0.05) is 36.8 Å². The third-order valence-corrected chi connectivity index (χ3v) is 6.62. The highest BCUT2D eigenvalue weighted by molar-refractivity contribution is 7.91. The summed E-state index contributed by atoms with van der Waals surface area (Å²) < 4.78 is 23.5. The first kappa shape index (κ1) is 17.9. The number of hydrogen-bond acceptors (Lipinski definition) is 4. The van der Waals surface area contributed by atoms with Crippen molar-refractivity contribution in [2.75, 3.05) is 29.5 Å². The molecule has 0 saturated carbocycles. The number of benzene rings is 1. The fourth-order valence-electron chi connectivity index (χ4n) is 3.58. The van der Waals surface area contributed by atoms with Gasteiger partial charge in [-0.15, -0.1) is 0 Å². The average molecular weight is 364 g/mol. The summed E-state index contributed by atoms with van der Waals surface area (Å²) in [7, 11) is -3.04. The number of anilines is 1. The third kappa shape index (κ3) is 3.86. The molecule has 6 nitrogen and oxygen atoms in total. The van der Waals surface area contributed by atoms with Crippen LogP contribution in [0.3, 0.4) is 0 Å². The fourth-order valence-corrected chi connectivity index (χ4v) is 5.31. The van der Waals surface area contributed by atoms with Crippen LogP contribution in [0, 0.1) is 0 Å². The van der Waals surface area contributed by atoms with E-state index in [-0.39, 0.29) is 29.4 Å². The normalized spacial score (nSPS) is 22.4. The summed E-state index contributed by atoms with van der Waals surface area (Å²) in [6.45, 7) is 3.24. The van der Waals surface area contributed by atoms with Crippen molar-refractivity contribution in [1.29, 1.82) is 0 Å². The summed E-state index contributed by atoms with van der Waals surface area (Å²) in [4.78, 5) is 28.1. The molecule has 0 aromatic heterocycles. The Morgan fingerprint density at radius 2 is 2.00 bits per heavy atom. The molecule has 0 unspecified atom stereocenters. The van der Waals surface area contributed by atoms with Crippen molar-refractivity contribution in [3.8, 4) is 0 Å². The molecule has 1 aromatic carbocycles. The molecule has 0 radical (unpaired) electrons. The molecule has 2 amide bonds. The summed E-state index contributed by atoms with van der Waals surface area (Å²) in [6, 6.07) is 6.82. The van der Waals surface area contributed by atoms with Crippen LogP contribution in [-0.4, -0.2) is 55.8 Å². The molecular formula is C18H24N2O4S. The first-order chi connectivity index (χ1) is 11.9. The molecule has 0 N–H and O–H groups in total. The second-order valence-electron chi connectivity index (χ2n) is 6.75. The van der Waals surface area contributed by atoms with Crippen LogP contribution in [0.15, 0.2) is 24.3 Å². The van der Waals surface area contributed by atoms with Gasteiger partial charge in [0.2, 0.25) is 5.91 Å². The highest BCUT2D eigenvalue weighted by atomic mass is 32.2. The van der Waals surface area contributed by atoms with Gasteiger partial charge in [0.15, 0.2) is 9.84 Å². The summed E-state index contributed by atoms with van der Waals surface area (Å²) in [5.74, 6) is 0.186.